The van der Waals surface area contributed by atoms with Crippen molar-refractivity contribution in [2.45, 2.75) is 81.6 Å². The second-order valence-electron chi connectivity index (χ2n) is 8.45. The van der Waals surface area contributed by atoms with Crippen molar-refractivity contribution in [3.8, 4) is 0 Å². The first-order chi connectivity index (χ1) is 12.6. The van der Waals surface area contributed by atoms with Gasteiger partial charge in [0.2, 0.25) is 0 Å². The first-order valence-electron chi connectivity index (χ1n) is 10.3. The number of hydrogen-bond acceptors (Lipinski definition) is 4. The lowest BCUT2D eigenvalue weighted by molar-refractivity contribution is -0.186. The fourth-order valence-electron chi connectivity index (χ4n) is 5.48. The largest absolute Gasteiger partial charge is 0.458 e. The van der Waals surface area contributed by atoms with Crippen molar-refractivity contribution in [1.29, 1.82) is 0 Å². The number of nitrogens with zero attached hydrogens (tertiary/aromatic N) is 1. The molecule has 2 bridgehead atoms. The minimum Gasteiger partial charge on any atom is -0.458 e. The van der Waals surface area contributed by atoms with Crippen LogP contribution in [-0.4, -0.2) is 41.2 Å². The van der Waals surface area contributed by atoms with E-state index in [2.05, 4.69) is 11.9 Å². The van der Waals surface area contributed by atoms with Gasteiger partial charge in [-0.15, -0.1) is 0 Å². The zero-order chi connectivity index (χ0) is 18.1. The van der Waals surface area contributed by atoms with Crippen LogP contribution in [0.2, 0.25) is 0 Å². The van der Waals surface area contributed by atoms with E-state index in [1.54, 1.807) is 0 Å². The Morgan fingerprint density at radius 3 is 2.46 bits per heavy atom. The number of rotatable bonds is 4. The maximum absolute atomic E-state index is 13.3. The van der Waals surface area contributed by atoms with E-state index in [1.165, 1.54) is 12.8 Å². The highest BCUT2D eigenvalue weighted by atomic mass is 16.6. The van der Waals surface area contributed by atoms with Crippen molar-refractivity contribution in [1.82, 2.24) is 4.90 Å². The highest BCUT2D eigenvalue weighted by Crippen LogP contribution is 2.42. The molecule has 0 radical (unpaired) electrons. The number of benzene rings is 1. The summed E-state index contributed by atoms with van der Waals surface area (Å²) >= 11 is 0. The summed E-state index contributed by atoms with van der Waals surface area (Å²) in [5.41, 5.74) is -0.833. The van der Waals surface area contributed by atoms with Gasteiger partial charge < -0.3 is 9.84 Å². The molecular weight excluding hydrogens is 326 g/mol. The van der Waals surface area contributed by atoms with E-state index in [0.717, 1.165) is 44.9 Å². The molecule has 2 saturated heterocycles. The van der Waals surface area contributed by atoms with Gasteiger partial charge in [-0.1, -0.05) is 49.6 Å². The monoisotopic (exact) mass is 357 g/mol. The van der Waals surface area contributed by atoms with Crippen LogP contribution in [0.5, 0.6) is 0 Å². The molecule has 4 rings (SSSR count). The Morgan fingerprint density at radius 1 is 1.04 bits per heavy atom. The molecule has 4 nitrogen and oxygen atoms in total. The predicted molar refractivity (Wildman–Crippen MR) is 101 cm³/mol. The minimum absolute atomic E-state index is 0.0520. The fourth-order valence-corrected chi connectivity index (χ4v) is 5.48. The summed E-state index contributed by atoms with van der Waals surface area (Å²) in [6, 6.07) is 10.4. The van der Waals surface area contributed by atoms with Gasteiger partial charge in [-0.3, -0.25) is 4.90 Å². The number of likely N-dealkylation sites (N-methyl/N-ethyl adjacent to an activating group) is 1. The van der Waals surface area contributed by atoms with Crippen LogP contribution in [0.15, 0.2) is 30.3 Å². The van der Waals surface area contributed by atoms with Crippen molar-refractivity contribution in [2.75, 3.05) is 7.05 Å². The quantitative estimate of drug-likeness (QED) is 0.836. The average molecular weight is 357 g/mol. The van der Waals surface area contributed by atoms with Crippen molar-refractivity contribution >= 4 is 5.97 Å². The van der Waals surface area contributed by atoms with Crippen LogP contribution in [0.1, 0.15) is 63.4 Å². The first-order valence-corrected chi connectivity index (χ1v) is 10.3. The normalized spacial score (nSPS) is 32.2. The number of carbonyl (C=O) groups excluding carboxylic acids is 1. The predicted octanol–water partition coefficient (Wildman–Crippen LogP) is 3.62. The lowest BCUT2D eigenvalue weighted by Gasteiger charge is -2.41. The summed E-state index contributed by atoms with van der Waals surface area (Å²) in [5.74, 6) is -0.483. The Hall–Kier alpha value is -1.39. The van der Waals surface area contributed by atoms with Gasteiger partial charge in [0, 0.05) is 18.0 Å². The van der Waals surface area contributed by atoms with Gasteiger partial charge in [0.1, 0.15) is 6.10 Å². The van der Waals surface area contributed by atoms with E-state index in [1.807, 2.05) is 30.3 Å². The standard InChI is InChI=1S/C22H31NO3/c1-23-18-12-14-19(23)20(15-13-18)26-21(24)22(25,16-8-4-2-5-9-16)17-10-6-3-7-11-17/h2,4-5,8-9,17-20,25H,3,6-7,10-15H2,1H3/t18-,19+,20-,22-/m0/s1. The van der Waals surface area contributed by atoms with Crippen LogP contribution in [0, 0.1) is 5.92 Å². The molecule has 1 aromatic carbocycles. The van der Waals surface area contributed by atoms with Gasteiger partial charge in [0.25, 0.3) is 0 Å². The number of carbonyl (C=O) groups is 1. The number of ether oxygens (including phenoxy) is 1. The molecule has 0 aromatic heterocycles. The summed E-state index contributed by atoms with van der Waals surface area (Å²) in [7, 11) is 2.15. The third kappa shape index (κ3) is 3.07. The smallest absolute Gasteiger partial charge is 0.343 e. The maximum atomic E-state index is 13.3. The Morgan fingerprint density at radius 2 is 1.73 bits per heavy atom. The molecule has 3 fully saturated rings. The molecular formula is C22H31NO3. The fraction of sp³-hybridized carbons (Fsp3) is 0.682. The first kappa shape index (κ1) is 18.0. The summed E-state index contributed by atoms with van der Waals surface area (Å²) in [6.45, 7) is 0. The van der Waals surface area contributed by atoms with Gasteiger partial charge in [-0.25, -0.2) is 4.79 Å². The van der Waals surface area contributed by atoms with Gasteiger partial charge in [0.15, 0.2) is 5.60 Å². The SMILES string of the molecule is CN1[C@@H]2CC[C@H](OC(=O)[C@](O)(c3ccccc3)C3CCCCC3)[C@H]1CC2. The Labute approximate surface area is 156 Å². The number of hydrogen-bond donors (Lipinski definition) is 1. The molecule has 26 heavy (non-hydrogen) atoms. The molecule has 1 N–H and O–H groups in total. The molecule has 2 heterocycles. The maximum Gasteiger partial charge on any atom is 0.343 e. The zero-order valence-corrected chi connectivity index (χ0v) is 15.8. The molecule has 4 atom stereocenters. The average Bonchev–Trinajstić information content (AvgIpc) is 2.92. The lowest BCUT2D eigenvalue weighted by atomic mass is 9.73. The Kier molecular flexibility index (Phi) is 5.07. The third-order valence-corrected chi connectivity index (χ3v) is 7.09. The van der Waals surface area contributed by atoms with Gasteiger partial charge >= 0.3 is 5.97 Å². The highest BCUT2D eigenvalue weighted by molar-refractivity contribution is 5.81. The summed E-state index contributed by atoms with van der Waals surface area (Å²) < 4.78 is 6.03. The summed E-state index contributed by atoms with van der Waals surface area (Å²) in [6.07, 6.45) is 9.30. The van der Waals surface area contributed by atoms with Gasteiger partial charge in [-0.2, -0.15) is 0 Å². The Balaban J connectivity index is 1.58. The molecule has 1 aromatic rings. The summed E-state index contributed by atoms with van der Waals surface area (Å²) in [5, 5.41) is 11.7. The molecule has 0 amide bonds. The van der Waals surface area contributed by atoms with Crippen LogP contribution in [0.4, 0.5) is 0 Å². The number of aliphatic hydroxyl groups is 1. The van der Waals surface area contributed by atoms with E-state index in [4.69, 9.17) is 4.74 Å². The second-order valence-corrected chi connectivity index (χ2v) is 8.45. The third-order valence-electron chi connectivity index (χ3n) is 7.09. The molecule has 0 spiro atoms. The molecule has 3 aliphatic rings. The molecule has 2 aliphatic heterocycles. The van der Waals surface area contributed by atoms with Crippen molar-refractivity contribution < 1.29 is 14.6 Å². The van der Waals surface area contributed by atoms with Crippen LogP contribution < -0.4 is 0 Å². The second kappa shape index (κ2) is 7.32. The van der Waals surface area contributed by atoms with Crippen LogP contribution >= 0.6 is 0 Å². The van der Waals surface area contributed by atoms with Crippen LogP contribution in [-0.2, 0) is 15.1 Å². The molecule has 4 heteroatoms. The van der Waals surface area contributed by atoms with E-state index in [-0.39, 0.29) is 12.0 Å². The lowest BCUT2D eigenvalue weighted by Crippen LogP contribution is -2.51. The highest BCUT2D eigenvalue weighted by Gasteiger charge is 2.50. The van der Waals surface area contributed by atoms with E-state index in [0.29, 0.717) is 17.6 Å². The summed E-state index contributed by atoms with van der Waals surface area (Å²) in [4.78, 5) is 15.7. The van der Waals surface area contributed by atoms with Crippen LogP contribution in [0.25, 0.3) is 0 Å². The van der Waals surface area contributed by atoms with Crippen molar-refractivity contribution in [3.63, 3.8) is 0 Å². The molecule has 1 aliphatic carbocycles. The van der Waals surface area contributed by atoms with Crippen LogP contribution in [0.3, 0.4) is 0 Å². The molecule has 1 saturated carbocycles. The van der Waals surface area contributed by atoms with Crippen molar-refractivity contribution in [3.05, 3.63) is 35.9 Å². The van der Waals surface area contributed by atoms with E-state index in [9.17, 15) is 9.90 Å². The van der Waals surface area contributed by atoms with E-state index >= 15 is 0 Å². The zero-order valence-electron chi connectivity index (χ0n) is 15.8. The molecule has 0 unspecified atom stereocenters. The van der Waals surface area contributed by atoms with Gasteiger partial charge in [-0.05, 0) is 51.1 Å². The number of piperidine rings is 1. The van der Waals surface area contributed by atoms with Crippen molar-refractivity contribution in [2.24, 2.45) is 5.92 Å². The minimum atomic E-state index is -1.52. The Bertz CT molecular complexity index is 628. The number of esters is 1. The number of fused-ring (bicyclic) bond motifs is 2. The van der Waals surface area contributed by atoms with Gasteiger partial charge in [0.05, 0.1) is 0 Å². The molecule has 142 valence electrons. The topological polar surface area (TPSA) is 49.8 Å². The van der Waals surface area contributed by atoms with E-state index < -0.39 is 11.6 Å².